The molecule has 0 saturated heterocycles. The zero-order valence-corrected chi connectivity index (χ0v) is 19.3. The van der Waals surface area contributed by atoms with E-state index in [0.29, 0.717) is 46.0 Å². The summed E-state index contributed by atoms with van der Waals surface area (Å²) >= 11 is 0. The van der Waals surface area contributed by atoms with Gasteiger partial charge in [-0.1, -0.05) is 6.07 Å². The first-order chi connectivity index (χ1) is 15.1. The number of aromatic amines is 1. The number of carbonyl (C=O) groups is 1. The molecule has 1 amide bonds. The molecule has 5 N–H and O–H groups in total. The zero-order chi connectivity index (χ0) is 23.5. The molecule has 3 rings (SSSR count). The smallest absolute Gasteiger partial charge is 0.267 e. The Labute approximate surface area is 187 Å². The summed E-state index contributed by atoms with van der Waals surface area (Å²) in [5.74, 6) is 0.0834. The SMILES string of the molecule is CN(C)CCNC(=O)c1cc2c(NCc3cccnc3N(C)S(C)(=O)=O)c(N)cnc2[nH]1. The van der Waals surface area contributed by atoms with E-state index in [4.69, 9.17) is 5.73 Å². The summed E-state index contributed by atoms with van der Waals surface area (Å²) in [5, 5.41) is 6.76. The number of anilines is 3. The molecule has 0 aliphatic rings. The van der Waals surface area contributed by atoms with Crippen molar-refractivity contribution in [1.82, 2.24) is 25.2 Å². The molecule has 0 saturated carbocycles. The van der Waals surface area contributed by atoms with Crippen molar-refractivity contribution in [2.24, 2.45) is 0 Å². The third kappa shape index (κ3) is 5.26. The van der Waals surface area contributed by atoms with E-state index < -0.39 is 10.0 Å². The van der Waals surface area contributed by atoms with Crippen LogP contribution in [0.15, 0.2) is 30.6 Å². The molecule has 0 bridgehead atoms. The van der Waals surface area contributed by atoms with Crippen molar-refractivity contribution in [3.63, 3.8) is 0 Å². The molecule has 12 heteroatoms. The van der Waals surface area contributed by atoms with Gasteiger partial charge >= 0.3 is 0 Å². The third-order valence-electron chi connectivity index (χ3n) is 4.90. The Hall–Kier alpha value is -3.38. The minimum Gasteiger partial charge on any atom is -0.396 e. The van der Waals surface area contributed by atoms with Crippen LogP contribution in [0, 0.1) is 0 Å². The van der Waals surface area contributed by atoms with Crippen LogP contribution in [0.4, 0.5) is 17.2 Å². The van der Waals surface area contributed by atoms with Crippen LogP contribution in [0.1, 0.15) is 16.1 Å². The van der Waals surface area contributed by atoms with Gasteiger partial charge in [0, 0.05) is 43.8 Å². The number of amides is 1. The van der Waals surface area contributed by atoms with Gasteiger partial charge < -0.3 is 26.3 Å². The molecule has 32 heavy (non-hydrogen) atoms. The van der Waals surface area contributed by atoms with E-state index >= 15 is 0 Å². The number of nitrogens with one attached hydrogen (secondary N) is 3. The maximum absolute atomic E-state index is 12.5. The number of fused-ring (bicyclic) bond motifs is 1. The maximum Gasteiger partial charge on any atom is 0.267 e. The highest BCUT2D eigenvalue weighted by Gasteiger charge is 2.18. The van der Waals surface area contributed by atoms with Crippen LogP contribution >= 0.6 is 0 Å². The van der Waals surface area contributed by atoms with E-state index in [1.165, 1.54) is 19.4 Å². The molecule has 0 aromatic carbocycles. The van der Waals surface area contributed by atoms with Crippen LogP contribution in [0.2, 0.25) is 0 Å². The molecule has 3 aromatic heterocycles. The molecule has 172 valence electrons. The van der Waals surface area contributed by atoms with E-state index in [9.17, 15) is 13.2 Å². The second kappa shape index (κ2) is 9.40. The van der Waals surface area contributed by atoms with E-state index in [1.54, 1.807) is 18.2 Å². The van der Waals surface area contributed by atoms with Crippen molar-refractivity contribution < 1.29 is 13.2 Å². The number of carbonyl (C=O) groups excluding carboxylic acids is 1. The standard InChI is InChI=1S/C20H28N8O3S/c1-27(2)9-8-23-20(29)16-10-14-17(15(21)12-25-18(14)26-16)24-11-13-6-5-7-22-19(13)28(3)32(4,30)31/h5-7,10,12H,8-9,11,21H2,1-4H3,(H,23,29)(H2,24,25,26). The summed E-state index contributed by atoms with van der Waals surface area (Å²) in [6.45, 7) is 1.50. The van der Waals surface area contributed by atoms with E-state index in [-0.39, 0.29) is 12.5 Å². The fraction of sp³-hybridized carbons (Fsp3) is 0.350. The van der Waals surface area contributed by atoms with Crippen molar-refractivity contribution in [3.8, 4) is 0 Å². The second-order valence-electron chi connectivity index (χ2n) is 7.66. The van der Waals surface area contributed by atoms with Crippen molar-refractivity contribution >= 4 is 44.2 Å². The second-order valence-corrected chi connectivity index (χ2v) is 9.68. The maximum atomic E-state index is 12.5. The first-order valence-corrected chi connectivity index (χ1v) is 11.7. The molecule has 0 radical (unpaired) electrons. The molecule has 0 aliphatic carbocycles. The van der Waals surface area contributed by atoms with E-state index in [1.807, 2.05) is 19.0 Å². The zero-order valence-electron chi connectivity index (χ0n) is 18.5. The molecule has 11 nitrogen and oxygen atoms in total. The average molecular weight is 461 g/mol. The average Bonchev–Trinajstić information content (AvgIpc) is 3.16. The van der Waals surface area contributed by atoms with E-state index in [0.717, 1.165) is 17.1 Å². The lowest BCUT2D eigenvalue weighted by Crippen LogP contribution is -2.31. The fourth-order valence-electron chi connectivity index (χ4n) is 3.09. The van der Waals surface area contributed by atoms with Crippen LogP contribution < -0.4 is 20.7 Å². The number of sulfonamides is 1. The Kier molecular flexibility index (Phi) is 6.84. The van der Waals surface area contributed by atoms with Gasteiger partial charge in [-0.25, -0.2) is 18.4 Å². The summed E-state index contributed by atoms with van der Waals surface area (Å²) < 4.78 is 25.0. The van der Waals surface area contributed by atoms with Crippen molar-refractivity contribution in [2.45, 2.75) is 6.54 Å². The number of nitrogens with two attached hydrogens (primary N) is 1. The van der Waals surface area contributed by atoms with Gasteiger partial charge in [0.25, 0.3) is 5.91 Å². The number of aromatic nitrogens is 3. The Morgan fingerprint density at radius 1 is 1.25 bits per heavy atom. The van der Waals surface area contributed by atoms with Crippen molar-refractivity contribution in [1.29, 1.82) is 0 Å². The number of pyridine rings is 2. The van der Waals surface area contributed by atoms with Crippen LogP contribution in [-0.2, 0) is 16.6 Å². The molecular formula is C20H28N8O3S. The summed E-state index contributed by atoms with van der Waals surface area (Å²) in [7, 11) is 1.85. The summed E-state index contributed by atoms with van der Waals surface area (Å²) in [4.78, 5) is 26.0. The van der Waals surface area contributed by atoms with Gasteiger partial charge in [-0.2, -0.15) is 0 Å². The van der Waals surface area contributed by atoms with Crippen LogP contribution in [0.25, 0.3) is 11.0 Å². The Balaban J connectivity index is 1.85. The number of hydrogen-bond acceptors (Lipinski definition) is 8. The third-order valence-corrected chi connectivity index (χ3v) is 6.06. The Bertz CT molecular complexity index is 1220. The summed E-state index contributed by atoms with van der Waals surface area (Å²) in [5.41, 5.74) is 8.70. The Morgan fingerprint density at radius 2 is 2.00 bits per heavy atom. The highest BCUT2D eigenvalue weighted by Crippen LogP contribution is 2.30. The van der Waals surface area contributed by atoms with Gasteiger partial charge in [0.1, 0.15) is 17.2 Å². The number of H-pyrrole nitrogens is 1. The number of nitrogens with zero attached hydrogens (tertiary/aromatic N) is 4. The highest BCUT2D eigenvalue weighted by molar-refractivity contribution is 7.92. The number of hydrogen-bond donors (Lipinski definition) is 4. The van der Waals surface area contributed by atoms with Gasteiger partial charge in [-0.3, -0.25) is 9.10 Å². The minimum absolute atomic E-state index is 0.237. The molecule has 0 aliphatic heterocycles. The quantitative estimate of drug-likeness (QED) is 0.367. The molecule has 0 spiro atoms. The van der Waals surface area contributed by atoms with Gasteiger partial charge in [-0.05, 0) is 26.2 Å². The van der Waals surface area contributed by atoms with Crippen LogP contribution in [0.3, 0.4) is 0 Å². The molecule has 0 unspecified atom stereocenters. The summed E-state index contributed by atoms with van der Waals surface area (Å²) in [6.07, 6.45) is 4.16. The minimum atomic E-state index is -3.47. The van der Waals surface area contributed by atoms with Crippen LogP contribution in [0.5, 0.6) is 0 Å². The lowest BCUT2D eigenvalue weighted by Gasteiger charge is -2.19. The predicted octanol–water partition coefficient (Wildman–Crippen LogP) is 0.839. The highest BCUT2D eigenvalue weighted by atomic mass is 32.2. The molecule has 3 aromatic rings. The van der Waals surface area contributed by atoms with E-state index in [2.05, 4.69) is 25.6 Å². The molecule has 3 heterocycles. The largest absolute Gasteiger partial charge is 0.396 e. The van der Waals surface area contributed by atoms with Gasteiger partial charge in [-0.15, -0.1) is 0 Å². The molecule has 0 fully saturated rings. The van der Waals surface area contributed by atoms with Gasteiger partial charge in [0.15, 0.2) is 0 Å². The molecular weight excluding hydrogens is 432 g/mol. The topological polar surface area (TPSA) is 149 Å². The van der Waals surface area contributed by atoms with Crippen molar-refractivity contribution in [3.05, 3.63) is 41.9 Å². The monoisotopic (exact) mass is 460 g/mol. The normalized spacial score (nSPS) is 11.7. The van der Waals surface area contributed by atoms with Gasteiger partial charge in [0.2, 0.25) is 10.0 Å². The first kappa shape index (κ1) is 23.3. The number of rotatable bonds is 9. The Morgan fingerprint density at radius 3 is 2.69 bits per heavy atom. The lowest BCUT2D eigenvalue weighted by molar-refractivity contribution is 0.0947. The fourth-order valence-corrected chi connectivity index (χ4v) is 3.57. The first-order valence-electron chi connectivity index (χ1n) is 9.89. The molecule has 0 atom stereocenters. The van der Waals surface area contributed by atoms with Gasteiger partial charge in [0.05, 0.1) is 23.8 Å². The number of likely N-dealkylation sites (N-methyl/N-ethyl adjacent to an activating group) is 1. The summed E-state index contributed by atoms with van der Waals surface area (Å²) in [6, 6.07) is 5.21. The number of nitrogen functional groups attached to an aromatic ring is 1. The van der Waals surface area contributed by atoms with Crippen LogP contribution in [-0.4, -0.2) is 74.7 Å². The predicted molar refractivity (Wildman–Crippen MR) is 126 cm³/mol. The lowest BCUT2D eigenvalue weighted by atomic mass is 10.2. The van der Waals surface area contributed by atoms with Crippen molar-refractivity contribution in [2.75, 3.05) is 55.8 Å².